The highest BCUT2D eigenvalue weighted by molar-refractivity contribution is 5.98. The Kier molecular flexibility index (Phi) is 6.75. The summed E-state index contributed by atoms with van der Waals surface area (Å²) in [5, 5.41) is 3.54. The molecule has 0 fully saturated rings. The first-order valence-electron chi connectivity index (χ1n) is 11.5. The third-order valence-electron chi connectivity index (χ3n) is 5.83. The number of para-hydroxylation sites is 1. The maximum Gasteiger partial charge on any atom is 0.211 e. The van der Waals surface area contributed by atoms with Crippen molar-refractivity contribution < 1.29 is 4.74 Å². The highest BCUT2D eigenvalue weighted by Gasteiger charge is 2.26. The van der Waals surface area contributed by atoms with Crippen molar-refractivity contribution in [3.05, 3.63) is 107 Å². The lowest BCUT2D eigenvalue weighted by Gasteiger charge is -2.21. The molecule has 0 bridgehead atoms. The van der Waals surface area contributed by atoms with Crippen LogP contribution in [0.3, 0.4) is 0 Å². The number of ether oxygens (including phenoxy) is 1. The predicted octanol–water partition coefficient (Wildman–Crippen LogP) is 7.56. The first-order chi connectivity index (χ1) is 15.5. The van der Waals surface area contributed by atoms with Gasteiger partial charge < -0.3 is 10.1 Å². The number of nitrogens with one attached hydrogen (secondary N) is 1. The Balaban J connectivity index is 1.71. The summed E-state index contributed by atoms with van der Waals surface area (Å²) in [4.78, 5) is 5.03. The lowest BCUT2D eigenvalue weighted by Crippen LogP contribution is -2.09. The van der Waals surface area contributed by atoms with E-state index in [1.165, 1.54) is 16.7 Å². The molecule has 3 nitrogen and oxygen atoms in total. The third kappa shape index (κ3) is 4.94. The molecule has 4 rings (SSSR count). The predicted molar refractivity (Wildman–Crippen MR) is 135 cm³/mol. The fourth-order valence-electron chi connectivity index (χ4n) is 4.22. The van der Waals surface area contributed by atoms with Gasteiger partial charge in [-0.05, 0) is 46.2 Å². The molecule has 0 radical (unpaired) electrons. The number of nitrogens with zero attached hydrogens (tertiary/aromatic N) is 1. The smallest absolute Gasteiger partial charge is 0.211 e. The molecule has 3 aromatic carbocycles. The minimum atomic E-state index is 0.0194. The van der Waals surface area contributed by atoms with Crippen molar-refractivity contribution in [1.29, 1.82) is 0 Å². The SMILES string of the molecule is CC(C)c1cccc(C(C)C)c1C1COC(C=C(Nc2ccccc2)c2ccccc2)=N1. The molecule has 0 saturated heterocycles. The molecule has 1 aliphatic rings. The van der Waals surface area contributed by atoms with Crippen molar-refractivity contribution in [3.8, 4) is 0 Å². The van der Waals surface area contributed by atoms with E-state index in [1.807, 2.05) is 42.5 Å². The van der Waals surface area contributed by atoms with Crippen molar-refractivity contribution in [1.82, 2.24) is 0 Å². The van der Waals surface area contributed by atoms with Gasteiger partial charge in [-0.2, -0.15) is 0 Å². The summed E-state index contributed by atoms with van der Waals surface area (Å²) in [6.07, 6.45) is 2.02. The Morgan fingerprint density at radius 2 is 1.44 bits per heavy atom. The zero-order valence-electron chi connectivity index (χ0n) is 19.4. The molecule has 1 N–H and O–H groups in total. The second-order valence-electron chi connectivity index (χ2n) is 8.87. The number of anilines is 1. The van der Waals surface area contributed by atoms with E-state index in [0.29, 0.717) is 24.3 Å². The largest absolute Gasteiger partial charge is 0.475 e. The van der Waals surface area contributed by atoms with E-state index < -0.39 is 0 Å². The fraction of sp³-hybridized carbons (Fsp3) is 0.276. The Labute approximate surface area is 191 Å². The third-order valence-corrected chi connectivity index (χ3v) is 5.83. The first-order valence-corrected chi connectivity index (χ1v) is 11.5. The van der Waals surface area contributed by atoms with E-state index in [1.54, 1.807) is 0 Å². The van der Waals surface area contributed by atoms with E-state index in [4.69, 9.17) is 9.73 Å². The number of aliphatic imine (C=N–C) groups is 1. The maximum atomic E-state index is 6.11. The molecule has 1 atom stereocenters. The Bertz CT molecular complexity index is 1070. The molecule has 1 heterocycles. The quantitative estimate of drug-likeness (QED) is 0.425. The summed E-state index contributed by atoms with van der Waals surface area (Å²) in [6.45, 7) is 9.57. The van der Waals surface area contributed by atoms with Gasteiger partial charge in [-0.15, -0.1) is 0 Å². The van der Waals surface area contributed by atoms with Crippen LogP contribution in [0.4, 0.5) is 5.69 Å². The molecule has 3 heteroatoms. The van der Waals surface area contributed by atoms with Crippen LogP contribution < -0.4 is 5.32 Å². The Morgan fingerprint density at radius 3 is 2.03 bits per heavy atom. The van der Waals surface area contributed by atoms with Crippen LogP contribution in [0.2, 0.25) is 0 Å². The Morgan fingerprint density at radius 1 is 0.844 bits per heavy atom. The van der Waals surface area contributed by atoms with Gasteiger partial charge in [-0.3, -0.25) is 0 Å². The van der Waals surface area contributed by atoms with Gasteiger partial charge >= 0.3 is 0 Å². The average molecular weight is 425 g/mol. The van der Waals surface area contributed by atoms with Gasteiger partial charge in [0, 0.05) is 11.8 Å². The van der Waals surface area contributed by atoms with Crippen LogP contribution >= 0.6 is 0 Å². The van der Waals surface area contributed by atoms with Crippen LogP contribution in [0, 0.1) is 0 Å². The van der Waals surface area contributed by atoms with Crippen molar-refractivity contribution in [3.63, 3.8) is 0 Å². The fourth-order valence-corrected chi connectivity index (χ4v) is 4.22. The van der Waals surface area contributed by atoms with E-state index in [9.17, 15) is 0 Å². The zero-order chi connectivity index (χ0) is 22.5. The van der Waals surface area contributed by atoms with Crippen LogP contribution in [-0.4, -0.2) is 12.5 Å². The minimum absolute atomic E-state index is 0.0194. The van der Waals surface area contributed by atoms with Crippen LogP contribution in [0.1, 0.15) is 67.8 Å². The molecule has 3 aromatic rings. The van der Waals surface area contributed by atoms with Crippen LogP contribution in [0.5, 0.6) is 0 Å². The van der Waals surface area contributed by atoms with Gasteiger partial charge in [0.2, 0.25) is 5.90 Å². The molecular formula is C29H32N2O. The van der Waals surface area contributed by atoms with E-state index in [0.717, 1.165) is 16.9 Å². The summed E-state index contributed by atoms with van der Waals surface area (Å²) in [6, 6.07) is 27.2. The molecule has 0 saturated carbocycles. The summed E-state index contributed by atoms with van der Waals surface area (Å²) >= 11 is 0. The molecule has 0 aliphatic carbocycles. The Hall–Kier alpha value is -3.33. The summed E-state index contributed by atoms with van der Waals surface area (Å²) in [5.41, 5.74) is 7.16. The normalized spacial score (nSPS) is 16.2. The standard InChI is InChI=1S/C29H32N2O/c1-20(2)24-16-11-17-25(21(3)4)29(24)27-19-32-28(31-27)18-26(22-12-7-5-8-13-22)30-23-14-9-6-10-15-23/h5-18,20-21,27,30H,19H2,1-4H3. The second-order valence-corrected chi connectivity index (χ2v) is 8.87. The number of hydrogen-bond acceptors (Lipinski definition) is 3. The molecular weight excluding hydrogens is 392 g/mol. The molecule has 1 unspecified atom stereocenters. The van der Waals surface area contributed by atoms with Gasteiger partial charge in [0.25, 0.3) is 0 Å². The zero-order valence-corrected chi connectivity index (χ0v) is 19.4. The topological polar surface area (TPSA) is 33.6 Å². The van der Waals surface area contributed by atoms with Gasteiger partial charge in [0.05, 0.1) is 5.70 Å². The molecule has 0 spiro atoms. The summed E-state index contributed by atoms with van der Waals surface area (Å²) in [5.74, 6) is 1.56. The van der Waals surface area contributed by atoms with Crippen molar-refractivity contribution in [2.24, 2.45) is 4.99 Å². The number of benzene rings is 3. The molecule has 32 heavy (non-hydrogen) atoms. The van der Waals surface area contributed by atoms with Crippen LogP contribution in [-0.2, 0) is 4.74 Å². The average Bonchev–Trinajstić information content (AvgIpc) is 3.27. The van der Waals surface area contributed by atoms with E-state index >= 15 is 0 Å². The highest BCUT2D eigenvalue weighted by Crippen LogP contribution is 2.36. The van der Waals surface area contributed by atoms with E-state index in [2.05, 4.69) is 75.5 Å². The van der Waals surface area contributed by atoms with Gasteiger partial charge in [-0.25, -0.2) is 4.99 Å². The van der Waals surface area contributed by atoms with Crippen LogP contribution in [0.25, 0.3) is 5.70 Å². The molecule has 0 amide bonds. The minimum Gasteiger partial charge on any atom is -0.475 e. The summed E-state index contributed by atoms with van der Waals surface area (Å²) < 4.78 is 6.11. The molecule has 1 aliphatic heterocycles. The van der Waals surface area contributed by atoms with Crippen molar-refractivity contribution in [2.75, 3.05) is 11.9 Å². The number of rotatable bonds is 7. The lowest BCUT2D eigenvalue weighted by atomic mass is 9.85. The monoisotopic (exact) mass is 424 g/mol. The molecule has 164 valence electrons. The first kappa shape index (κ1) is 21.9. The lowest BCUT2D eigenvalue weighted by molar-refractivity contribution is 0.319. The number of hydrogen-bond donors (Lipinski definition) is 1. The summed E-state index contributed by atoms with van der Waals surface area (Å²) in [7, 11) is 0. The second kappa shape index (κ2) is 9.86. The van der Waals surface area contributed by atoms with Crippen LogP contribution in [0.15, 0.2) is 89.9 Å². The van der Waals surface area contributed by atoms with E-state index in [-0.39, 0.29) is 6.04 Å². The molecule has 0 aromatic heterocycles. The van der Waals surface area contributed by atoms with Crippen molar-refractivity contribution in [2.45, 2.75) is 45.6 Å². The highest BCUT2D eigenvalue weighted by atomic mass is 16.5. The van der Waals surface area contributed by atoms with Gasteiger partial charge in [0.1, 0.15) is 12.6 Å². The van der Waals surface area contributed by atoms with Crippen molar-refractivity contribution >= 4 is 17.3 Å². The maximum absolute atomic E-state index is 6.11. The van der Waals surface area contributed by atoms with Gasteiger partial charge in [-0.1, -0.05) is 94.4 Å². The van der Waals surface area contributed by atoms with Gasteiger partial charge in [0.15, 0.2) is 0 Å².